The van der Waals surface area contributed by atoms with Gasteiger partial charge in [-0.25, -0.2) is 0 Å². The van der Waals surface area contributed by atoms with Gasteiger partial charge in [-0.3, -0.25) is 0 Å². The Morgan fingerprint density at radius 3 is 1.59 bits per heavy atom. The molecule has 286 valence electrons. The average molecular weight is 788 g/mol. The lowest BCUT2D eigenvalue weighted by Gasteiger charge is -2.27. The summed E-state index contributed by atoms with van der Waals surface area (Å²) in [5, 5.41) is 4.96. The summed E-state index contributed by atoms with van der Waals surface area (Å²) < 4.78 is 116. The Kier molecular flexibility index (Phi) is 6.53. The zero-order valence-electron chi connectivity index (χ0n) is 44.7. The van der Waals surface area contributed by atoms with Crippen LogP contribution in [0.2, 0.25) is 0 Å². The lowest BCUT2D eigenvalue weighted by atomic mass is 9.89. The van der Waals surface area contributed by atoms with Crippen molar-refractivity contribution in [3.8, 4) is 55.6 Å². The molecular formula is C60H41N. The first kappa shape index (κ1) is 25.5. The summed E-state index contributed by atoms with van der Waals surface area (Å²) in [6.45, 7) is 0. The van der Waals surface area contributed by atoms with Crippen LogP contribution in [0.1, 0.15) is 16.4 Å². The molecule has 0 saturated carbocycles. The van der Waals surface area contributed by atoms with E-state index in [2.05, 4.69) is 6.07 Å². The molecule has 0 heterocycles. The molecule has 0 saturated heterocycles. The third kappa shape index (κ3) is 6.93. The minimum atomic E-state index is -0.731. The molecule has 0 aliphatic heterocycles. The van der Waals surface area contributed by atoms with E-state index in [0.29, 0.717) is 33.0 Å². The molecule has 1 heteroatoms. The fourth-order valence-corrected chi connectivity index (χ4v) is 8.06. The maximum Gasteiger partial charge on any atom is 0.0651 e. The molecule has 11 aromatic carbocycles. The summed E-state index contributed by atoms with van der Waals surface area (Å²) in [7, 11) is 0. The molecule has 11 rings (SSSR count). The maximum atomic E-state index is 9.97. The van der Waals surface area contributed by atoms with Gasteiger partial charge < -0.3 is 4.90 Å². The highest BCUT2D eigenvalue weighted by Gasteiger charge is 2.17. The van der Waals surface area contributed by atoms with E-state index in [-0.39, 0.29) is 16.7 Å². The van der Waals surface area contributed by atoms with Gasteiger partial charge in [0.25, 0.3) is 0 Å². The summed E-state index contributed by atoms with van der Waals surface area (Å²) in [6, 6.07) is 47.2. The van der Waals surface area contributed by atoms with Crippen LogP contribution in [0.4, 0.5) is 17.1 Å². The van der Waals surface area contributed by atoms with Crippen LogP contribution in [0.15, 0.2) is 248 Å². The molecule has 0 spiro atoms. The number of fused-ring (bicyclic) bond motifs is 3. The van der Waals surface area contributed by atoms with Crippen molar-refractivity contribution in [1.82, 2.24) is 0 Å². The summed E-state index contributed by atoms with van der Waals surface area (Å²) in [5.41, 5.74) is 2.48. The van der Waals surface area contributed by atoms with E-state index in [1.165, 1.54) is 0 Å². The molecular weight excluding hydrogens is 735 g/mol. The minimum Gasteiger partial charge on any atom is -0.310 e. The Bertz CT molecular complexity index is 4000. The van der Waals surface area contributed by atoms with Gasteiger partial charge in [0.15, 0.2) is 0 Å². The van der Waals surface area contributed by atoms with Gasteiger partial charge in [-0.1, -0.05) is 206 Å². The predicted molar refractivity (Wildman–Crippen MR) is 261 cm³/mol. The lowest BCUT2D eigenvalue weighted by Crippen LogP contribution is -2.10. The molecule has 0 aliphatic rings. The van der Waals surface area contributed by atoms with Crippen LogP contribution in [0.3, 0.4) is 0 Å². The minimum absolute atomic E-state index is 0.0484. The fourth-order valence-electron chi connectivity index (χ4n) is 8.06. The monoisotopic (exact) mass is 787 g/mol. The number of anilines is 3. The molecule has 0 radical (unpaired) electrons. The second-order valence-corrected chi connectivity index (χ2v) is 14.7. The second-order valence-electron chi connectivity index (χ2n) is 14.7. The lowest BCUT2D eigenvalue weighted by molar-refractivity contribution is 1.28. The van der Waals surface area contributed by atoms with Crippen molar-refractivity contribution in [2.45, 2.75) is 0 Å². The molecule has 0 aromatic heterocycles. The van der Waals surface area contributed by atoms with Gasteiger partial charge in [-0.2, -0.15) is 0 Å². The largest absolute Gasteiger partial charge is 0.310 e. The van der Waals surface area contributed by atoms with E-state index in [1.54, 1.807) is 36.4 Å². The Morgan fingerprint density at radius 1 is 0.295 bits per heavy atom. The molecule has 0 N–H and O–H groups in total. The highest BCUT2D eigenvalue weighted by Crippen LogP contribution is 2.42. The van der Waals surface area contributed by atoms with Crippen LogP contribution >= 0.6 is 0 Å². The van der Waals surface area contributed by atoms with Crippen molar-refractivity contribution in [2.24, 2.45) is 0 Å². The van der Waals surface area contributed by atoms with E-state index in [0.717, 1.165) is 43.1 Å². The number of benzene rings is 11. The predicted octanol–water partition coefficient (Wildman–Crippen LogP) is 17.0. The molecule has 0 fully saturated rings. The van der Waals surface area contributed by atoms with E-state index in [1.807, 2.05) is 133 Å². The Labute approximate surface area is 373 Å². The number of rotatable bonds is 8. The van der Waals surface area contributed by atoms with Crippen molar-refractivity contribution in [3.63, 3.8) is 0 Å². The first-order valence-corrected chi connectivity index (χ1v) is 20.0. The molecule has 0 atom stereocenters. The summed E-state index contributed by atoms with van der Waals surface area (Å²) in [4.78, 5) is 0.913. The first-order valence-electron chi connectivity index (χ1n) is 26.0. The third-order valence-electron chi connectivity index (χ3n) is 11.1. The Morgan fingerprint density at radius 2 is 0.852 bits per heavy atom. The van der Waals surface area contributed by atoms with Crippen molar-refractivity contribution in [1.29, 1.82) is 0 Å². The quantitative estimate of drug-likeness (QED) is 0.148. The van der Waals surface area contributed by atoms with Gasteiger partial charge in [-0.05, 0) is 130 Å². The standard InChI is InChI=1S/C60H41N/c1-2-13-47(14-3-1)59-39-34-48-16-7-9-22-58(48)60(59)49-32-37-54(38-33-49)61(55-20-10-19-52(41-55)57-23-11-18-46-15-6-8-21-56(46)57)53-35-30-44(31-36-53)43-24-26-45(27-25-43)51-29-28-42-12-4-5-17-50(42)40-51/h1-41H/i10D,19D,20D,30D,31D,32D,33D,35D,36D,37D,38D,41D. The third-order valence-corrected chi connectivity index (χ3v) is 11.1. The van der Waals surface area contributed by atoms with Gasteiger partial charge in [0.05, 0.1) is 16.4 Å². The molecule has 1 nitrogen and oxygen atoms in total. The molecule has 0 unspecified atom stereocenters. The molecule has 0 amide bonds. The highest BCUT2D eigenvalue weighted by molar-refractivity contribution is 6.04. The van der Waals surface area contributed by atoms with E-state index in [4.69, 9.17) is 0 Å². The zero-order chi connectivity index (χ0) is 51.0. The normalized spacial score (nSPS) is 14.0. The SMILES string of the molecule is [2H]c1c([2H])c(-c2cccc3ccccc23)c([2H])c(N(c2c([2H])c([2H])c(-c3ccc(-c4ccc5ccccc5c4)cc3)c([2H])c2[2H])c2c([2H])c([2H])c(-c3c(-c4ccccc4)ccc4ccccc34)c([2H])c2[2H])c1[2H]. The molecule has 61 heavy (non-hydrogen) atoms. The van der Waals surface area contributed by atoms with Gasteiger partial charge in [0.2, 0.25) is 0 Å². The van der Waals surface area contributed by atoms with Gasteiger partial charge in [0, 0.05) is 17.1 Å². The topological polar surface area (TPSA) is 3.24 Å². The fraction of sp³-hybridized carbons (Fsp3) is 0. The van der Waals surface area contributed by atoms with Crippen molar-refractivity contribution >= 4 is 49.4 Å². The maximum absolute atomic E-state index is 9.97. The molecule has 11 aromatic rings. The van der Waals surface area contributed by atoms with Crippen LogP contribution in [-0.4, -0.2) is 0 Å². The zero-order valence-corrected chi connectivity index (χ0v) is 32.7. The summed E-state index contributed by atoms with van der Waals surface area (Å²) in [6.07, 6.45) is 0. The van der Waals surface area contributed by atoms with Crippen molar-refractivity contribution in [2.75, 3.05) is 4.90 Å². The molecule has 0 aliphatic carbocycles. The van der Waals surface area contributed by atoms with Crippen molar-refractivity contribution in [3.05, 3.63) is 248 Å². The average Bonchev–Trinajstić information content (AvgIpc) is 3.42. The number of hydrogen-bond acceptors (Lipinski definition) is 1. The van der Waals surface area contributed by atoms with Gasteiger partial charge in [-0.15, -0.1) is 0 Å². The number of nitrogens with zero attached hydrogens (tertiary/aromatic N) is 1. The Balaban J connectivity index is 1.18. The second kappa shape index (κ2) is 15.6. The van der Waals surface area contributed by atoms with Crippen LogP contribution in [0.25, 0.3) is 88.0 Å². The van der Waals surface area contributed by atoms with E-state index < -0.39 is 89.6 Å². The highest BCUT2D eigenvalue weighted by atomic mass is 15.1. The van der Waals surface area contributed by atoms with E-state index in [9.17, 15) is 16.4 Å². The van der Waals surface area contributed by atoms with Gasteiger partial charge in [0.1, 0.15) is 0 Å². The summed E-state index contributed by atoms with van der Waals surface area (Å²) >= 11 is 0. The Hall–Kier alpha value is -8.00. The van der Waals surface area contributed by atoms with E-state index >= 15 is 0 Å². The van der Waals surface area contributed by atoms with Crippen LogP contribution in [0.5, 0.6) is 0 Å². The van der Waals surface area contributed by atoms with Crippen LogP contribution < -0.4 is 4.90 Å². The molecule has 0 bridgehead atoms. The van der Waals surface area contributed by atoms with Gasteiger partial charge >= 0.3 is 0 Å². The van der Waals surface area contributed by atoms with Crippen molar-refractivity contribution < 1.29 is 16.4 Å². The summed E-state index contributed by atoms with van der Waals surface area (Å²) in [5.74, 6) is 0. The smallest absolute Gasteiger partial charge is 0.0651 e. The first-order chi connectivity index (χ1) is 35.3. The number of hydrogen-bond donors (Lipinski definition) is 0. The van der Waals surface area contributed by atoms with Crippen LogP contribution in [0, 0.1) is 0 Å². The van der Waals surface area contributed by atoms with Crippen LogP contribution in [-0.2, 0) is 0 Å².